The molecule has 0 saturated carbocycles. The topological polar surface area (TPSA) is 12.0 Å². The van der Waals surface area contributed by atoms with E-state index < -0.39 is 0 Å². The summed E-state index contributed by atoms with van der Waals surface area (Å²) in [4.78, 5) is 1.39. The van der Waals surface area contributed by atoms with E-state index in [4.69, 9.17) is 0 Å². The Morgan fingerprint density at radius 1 is 1.11 bits per heavy atom. The predicted molar refractivity (Wildman–Crippen MR) is 80.1 cm³/mol. The fourth-order valence-corrected chi connectivity index (χ4v) is 3.06. The van der Waals surface area contributed by atoms with Gasteiger partial charge in [-0.15, -0.1) is 11.3 Å². The van der Waals surface area contributed by atoms with E-state index in [0.717, 1.165) is 0 Å². The smallest absolute Gasteiger partial charge is 0.0673 e. The number of hydrogen-bond donors (Lipinski definition) is 1. The lowest BCUT2D eigenvalue weighted by atomic mass is 10.0. The van der Waals surface area contributed by atoms with Crippen molar-refractivity contribution in [2.75, 3.05) is 0 Å². The van der Waals surface area contributed by atoms with Crippen LogP contribution in [0.2, 0.25) is 0 Å². The van der Waals surface area contributed by atoms with Crippen molar-refractivity contribution in [1.29, 1.82) is 0 Å². The molecule has 18 heavy (non-hydrogen) atoms. The molecule has 0 aliphatic heterocycles. The summed E-state index contributed by atoms with van der Waals surface area (Å²) in [5, 5.41) is 5.90. The molecule has 1 N–H and O–H groups in total. The van der Waals surface area contributed by atoms with Gasteiger partial charge in [0.2, 0.25) is 0 Å². The zero-order valence-electron chi connectivity index (χ0n) is 11.1. The largest absolute Gasteiger partial charge is 0.303 e. The molecule has 1 nitrogen and oxygen atoms in total. The van der Waals surface area contributed by atoms with E-state index in [0.29, 0.717) is 12.1 Å². The number of thiophene rings is 1. The first-order valence-electron chi connectivity index (χ1n) is 6.65. The van der Waals surface area contributed by atoms with Crippen molar-refractivity contribution in [3.05, 3.63) is 58.3 Å². The van der Waals surface area contributed by atoms with Crippen molar-refractivity contribution in [2.24, 2.45) is 0 Å². The monoisotopic (exact) mass is 259 g/mol. The van der Waals surface area contributed by atoms with E-state index >= 15 is 0 Å². The Morgan fingerprint density at radius 3 is 2.50 bits per heavy atom. The van der Waals surface area contributed by atoms with Gasteiger partial charge in [-0.2, -0.15) is 0 Å². The maximum atomic E-state index is 3.75. The fraction of sp³-hybridized carbons (Fsp3) is 0.375. The molecule has 1 aromatic carbocycles. The molecule has 96 valence electrons. The van der Waals surface area contributed by atoms with Gasteiger partial charge in [-0.05, 0) is 30.4 Å². The third-order valence-electron chi connectivity index (χ3n) is 3.13. The van der Waals surface area contributed by atoms with Gasteiger partial charge in [0, 0.05) is 10.9 Å². The SMILES string of the molecule is CCCC(C)NC(c1ccccc1)c1cccs1. The quantitative estimate of drug-likeness (QED) is 0.798. The lowest BCUT2D eigenvalue weighted by Crippen LogP contribution is -2.30. The molecule has 0 spiro atoms. The van der Waals surface area contributed by atoms with Crippen LogP contribution in [-0.2, 0) is 0 Å². The summed E-state index contributed by atoms with van der Waals surface area (Å²) in [5.41, 5.74) is 1.35. The highest BCUT2D eigenvalue weighted by Gasteiger charge is 2.16. The van der Waals surface area contributed by atoms with E-state index in [1.165, 1.54) is 23.3 Å². The van der Waals surface area contributed by atoms with E-state index in [-0.39, 0.29) is 0 Å². The van der Waals surface area contributed by atoms with Crippen LogP contribution in [0.25, 0.3) is 0 Å². The summed E-state index contributed by atoms with van der Waals surface area (Å²) in [7, 11) is 0. The van der Waals surface area contributed by atoms with Crippen LogP contribution in [-0.4, -0.2) is 6.04 Å². The van der Waals surface area contributed by atoms with Gasteiger partial charge >= 0.3 is 0 Å². The van der Waals surface area contributed by atoms with Crippen LogP contribution in [0.5, 0.6) is 0 Å². The van der Waals surface area contributed by atoms with Gasteiger partial charge in [0.05, 0.1) is 6.04 Å². The van der Waals surface area contributed by atoms with Gasteiger partial charge < -0.3 is 5.32 Å². The van der Waals surface area contributed by atoms with Crippen LogP contribution < -0.4 is 5.32 Å². The minimum absolute atomic E-state index is 0.327. The number of rotatable bonds is 6. The van der Waals surface area contributed by atoms with E-state index in [1.54, 1.807) is 0 Å². The van der Waals surface area contributed by atoms with Crippen LogP contribution >= 0.6 is 11.3 Å². The molecule has 2 atom stereocenters. The van der Waals surface area contributed by atoms with Gasteiger partial charge in [-0.25, -0.2) is 0 Å². The minimum Gasteiger partial charge on any atom is -0.303 e. The number of hydrogen-bond acceptors (Lipinski definition) is 2. The molecule has 2 aromatic rings. The van der Waals surface area contributed by atoms with Gasteiger partial charge in [0.25, 0.3) is 0 Å². The third-order valence-corrected chi connectivity index (χ3v) is 4.07. The zero-order chi connectivity index (χ0) is 12.8. The molecular formula is C16H21NS. The van der Waals surface area contributed by atoms with Crippen LogP contribution in [0.15, 0.2) is 47.8 Å². The molecule has 0 aliphatic rings. The van der Waals surface area contributed by atoms with Crippen LogP contribution in [0.4, 0.5) is 0 Å². The van der Waals surface area contributed by atoms with E-state index in [2.05, 4.69) is 67.0 Å². The van der Waals surface area contributed by atoms with Gasteiger partial charge in [-0.3, -0.25) is 0 Å². The molecule has 2 heteroatoms. The first-order chi connectivity index (χ1) is 8.81. The second kappa shape index (κ2) is 6.72. The minimum atomic E-state index is 0.327. The maximum Gasteiger partial charge on any atom is 0.0673 e. The predicted octanol–water partition coefficient (Wildman–Crippen LogP) is 4.62. The molecule has 0 saturated heterocycles. The highest BCUT2D eigenvalue weighted by molar-refractivity contribution is 7.10. The number of benzene rings is 1. The lowest BCUT2D eigenvalue weighted by molar-refractivity contribution is 0.472. The summed E-state index contributed by atoms with van der Waals surface area (Å²) in [6.07, 6.45) is 2.44. The first-order valence-corrected chi connectivity index (χ1v) is 7.53. The van der Waals surface area contributed by atoms with Gasteiger partial charge in [0.1, 0.15) is 0 Å². The first kappa shape index (κ1) is 13.3. The van der Waals surface area contributed by atoms with Crippen molar-refractivity contribution in [3.8, 4) is 0 Å². The Hall–Kier alpha value is -1.12. The van der Waals surface area contributed by atoms with E-state index in [9.17, 15) is 0 Å². The number of nitrogens with one attached hydrogen (secondary N) is 1. The van der Waals surface area contributed by atoms with Crippen molar-refractivity contribution < 1.29 is 0 Å². The summed E-state index contributed by atoms with van der Waals surface area (Å²) >= 11 is 1.82. The molecule has 1 aromatic heterocycles. The average molecular weight is 259 g/mol. The Kier molecular flexibility index (Phi) is 4.97. The maximum absolute atomic E-state index is 3.75. The lowest BCUT2D eigenvalue weighted by Gasteiger charge is -2.22. The Balaban J connectivity index is 2.19. The molecule has 0 amide bonds. The third kappa shape index (κ3) is 3.44. The van der Waals surface area contributed by atoms with Crippen molar-refractivity contribution in [1.82, 2.24) is 5.32 Å². The summed E-state index contributed by atoms with van der Waals surface area (Å²) in [6, 6.07) is 15.9. The molecule has 0 aliphatic carbocycles. The molecule has 1 heterocycles. The van der Waals surface area contributed by atoms with Gasteiger partial charge in [0.15, 0.2) is 0 Å². The molecule has 2 unspecified atom stereocenters. The van der Waals surface area contributed by atoms with Crippen molar-refractivity contribution >= 4 is 11.3 Å². The van der Waals surface area contributed by atoms with Crippen LogP contribution in [0.3, 0.4) is 0 Å². The highest BCUT2D eigenvalue weighted by Crippen LogP contribution is 2.26. The molecule has 0 fully saturated rings. The van der Waals surface area contributed by atoms with E-state index in [1.807, 2.05) is 11.3 Å². The summed E-state index contributed by atoms with van der Waals surface area (Å²) < 4.78 is 0. The van der Waals surface area contributed by atoms with Crippen molar-refractivity contribution in [3.63, 3.8) is 0 Å². The molecule has 0 radical (unpaired) electrons. The van der Waals surface area contributed by atoms with Crippen LogP contribution in [0, 0.1) is 0 Å². The molecule has 2 rings (SSSR count). The standard InChI is InChI=1S/C16H21NS/c1-3-8-13(2)17-16(15-11-7-12-18-15)14-9-5-4-6-10-14/h4-7,9-13,16-17H,3,8H2,1-2H3. The average Bonchev–Trinajstić information content (AvgIpc) is 2.91. The zero-order valence-corrected chi connectivity index (χ0v) is 11.9. The molecular weight excluding hydrogens is 238 g/mol. The normalized spacial score (nSPS) is 14.3. The molecule has 0 bridgehead atoms. The van der Waals surface area contributed by atoms with Gasteiger partial charge in [-0.1, -0.05) is 49.7 Å². The Labute approximate surface area is 114 Å². The van der Waals surface area contributed by atoms with Crippen molar-refractivity contribution in [2.45, 2.75) is 38.8 Å². The second-order valence-corrected chi connectivity index (χ2v) is 5.69. The van der Waals surface area contributed by atoms with Crippen LogP contribution in [0.1, 0.15) is 43.2 Å². The summed E-state index contributed by atoms with van der Waals surface area (Å²) in [5.74, 6) is 0. The Bertz CT molecular complexity index is 435. The summed E-state index contributed by atoms with van der Waals surface area (Å²) in [6.45, 7) is 4.51. The second-order valence-electron chi connectivity index (χ2n) is 4.72. The Morgan fingerprint density at radius 2 is 1.89 bits per heavy atom. The fourth-order valence-electron chi connectivity index (χ4n) is 2.24. The highest BCUT2D eigenvalue weighted by atomic mass is 32.1.